The fraction of sp³-hybridized carbons (Fsp3) is 0.312. The van der Waals surface area contributed by atoms with Gasteiger partial charge in [0.2, 0.25) is 5.70 Å². The third kappa shape index (κ3) is 5.10. The molecule has 1 aromatic rings. The number of carbonyl (C=O) groups is 3. The van der Waals surface area contributed by atoms with Crippen molar-refractivity contribution in [3.63, 3.8) is 0 Å². The summed E-state index contributed by atoms with van der Waals surface area (Å²) in [6.07, 6.45) is -0.651. The van der Waals surface area contributed by atoms with E-state index in [0.29, 0.717) is 0 Å². The van der Waals surface area contributed by atoms with E-state index >= 15 is 0 Å². The summed E-state index contributed by atoms with van der Waals surface area (Å²) < 4.78 is 23.2. The number of benzene rings is 1. The smallest absolute Gasteiger partial charge is 0.362 e. The molecular formula is C16H18FN3O6. The van der Waals surface area contributed by atoms with E-state index in [1.807, 2.05) is 0 Å². The maximum atomic E-state index is 14.4. The zero-order valence-corrected chi connectivity index (χ0v) is 14.6. The zero-order valence-electron chi connectivity index (χ0n) is 14.6. The average molecular weight is 367 g/mol. The van der Waals surface area contributed by atoms with Crippen LogP contribution in [0.25, 0.3) is 0 Å². The Bertz CT molecular complexity index is 773. The Morgan fingerprint density at radius 1 is 1.19 bits per heavy atom. The number of halogens is 1. The molecule has 0 heterocycles. The topological polar surface area (TPSA) is 118 Å². The molecule has 9 nitrogen and oxygen atoms in total. The van der Waals surface area contributed by atoms with E-state index in [9.17, 15) is 23.9 Å². The van der Waals surface area contributed by atoms with Crippen LogP contribution in [0, 0.1) is 5.82 Å². The minimum absolute atomic E-state index is 0.242. The molecule has 10 heteroatoms. The zero-order chi connectivity index (χ0) is 19.9. The molecule has 0 bridgehead atoms. The van der Waals surface area contributed by atoms with Crippen molar-refractivity contribution in [1.29, 1.82) is 0 Å². The number of azo groups is 1. The van der Waals surface area contributed by atoms with Crippen LogP contribution >= 0.6 is 0 Å². The maximum absolute atomic E-state index is 14.4. The molecule has 26 heavy (non-hydrogen) atoms. The monoisotopic (exact) mass is 367 g/mol. The Morgan fingerprint density at radius 3 is 2.38 bits per heavy atom. The molecule has 1 aromatic carbocycles. The van der Waals surface area contributed by atoms with Crippen molar-refractivity contribution in [2.45, 2.75) is 6.42 Å². The van der Waals surface area contributed by atoms with Gasteiger partial charge in [-0.3, -0.25) is 9.59 Å². The van der Waals surface area contributed by atoms with Crippen molar-refractivity contribution in [3.8, 4) is 0 Å². The summed E-state index contributed by atoms with van der Waals surface area (Å²) in [7, 11) is 5.04. The quantitative estimate of drug-likeness (QED) is 0.356. The molecular weight excluding hydrogens is 349 g/mol. The van der Waals surface area contributed by atoms with Gasteiger partial charge in [0.1, 0.15) is 17.9 Å². The number of hydrogen-bond donors (Lipinski definition) is 1. The number of aliphatic hydroxyl groups is 1. The second kappa shape index (κ2) is 9.25. The molecule has 0 aliphatic heterocycles. The van der Waals surface area contributed by atoms with E-state index in [1.165, 1.54) is 37.2 Å². The van der Waals surface area contributed by atoms with E-state index in [0.717, 1.165) is 14.2 Å². The first-order valence-corrected chi connectivity index (χ1v) is 7.22. The minimum atomic E-state index is -1.09. The lowest BCUT2D eigenvalue weighted by Gasteiger charge is -2.11. The van der Waals surface area contributed by atoms with Crippen LogP contribution in [0.3, 0.4) is 0 Å². The van der Waals surface area contributed by atoms with Crippen molar-refractivity contribution in [2.24, 2.45) is 10.2 Å². The van der Waals surface area contributed by atoms with Gasteiger partial charge in [-0.25, -0.2) is 9.18 Å². The van der Waals surface area contributed by atoms with Crippen molar-refractivity contribution < 1.29 is 33.4 Å². The van der Waals surface area contributed by atoms with Crippen LogP contribution in [0.15, 0.2) is 39.9 Å². The van der Waals surface area contributed by atoms with E-state index in [2.05, 4.69) is 19.7 Å². The number of hydrogen-bond acceptors (Lipinski definition) is 8. The molecule has 0 unspecified atom stereocenters. The largest absolute Gasteiger partial charge is 0.509 e. The third-order valence-electron chi connectivity index (χ3n) is 3.06. The molecule has 0 aliphatic rings. The van der Waals surface area contributed by atoms with Crippen LogP contribution in [0.4, 0.5) is 10.1 Å². The molecule has 0 aliphatic carbocycles. The Morgan fingerprint density at radius 2 is 1.85 bits per heavy atom. The van der Waals surface area contributed by atoms with Crippen molar-refractivity contribution in [2.75, 3.05) is 28.3 Å². The predicted octanol–water partition coefficient (Wildman–Crippen LogP) is 2.12. The first kappa shape index (κ1) is 20.7. The summed E-state index contributed by atoms with van der Waals surface area (Å²) in [5.41, 5.74) is -1.28. The molecule has 0 spiro atoms. The van der Waals surface area contributed by atoms with Crippen molar-refractivity contribution in [1.82, 2.24) is 4.90 Å². The van der Waals surface area contributed by atoms with Gasteiger partial charge in [0.15, 0.2) is 5.82 Å². The molecule has 1 N–H and O–H groups in total. The number of amides is 1. The number of rotatable bonds is 6. The van der Waals surface area contributed by atoms with Gasteiger partial charge in [-0.2, -0.15) is 0 Å². The predicted molar refractivity (Wildman–Crippen MR) is 87.2 cm³/mol. The average Bonchev–Trinajstić information content (AvgIpc) is 2.61. The first-order valence-electron chi connectivity index (χ1n) is 7.22. The molecule has 0 saturated carbocycles. The fourth-order valence-electron chi connectivity index (χ4n) is 1.71. The number of ether oxygens (including phenoxy) is 2. The normalized spacial score (nSPS) is 11.7. The molecule has 140 valence electrons. The molecule has 0 radical (unpaired) electrons. The number of aliphatic hydroxyl groups excluding tert-OH is 1. The summed E-state index contributed by atoms with van der Waals surface area (Å²) >= 11 is 0. The van der Waals surface area contributed by atoms with Gasteiger partial charge in [0.25, 0.3) is 5.91 Å². The lowest BCUT2D eigenvalue weighted by atomic mass is 10.1. The second-order valence-electron chi connectivity index (χ2n) is 5.08. The Balaban J connectivity index is 3.28. The highest BCUT2D eigenvalue weighted by molar-refractivity contribution is 5.95. The molecule has 1 rings (SSSR count). The Kier molecular flexibility index (Phi) is 7.38. The van der Waals surface area contributed by atoms with Crippen LogP contribution in [0.2, 0.25) is 0 Å². The SMILES string of the molecule is COC(=O)C/C(O)=C(\N=Nc1cccc(C(=O)N(C)C)c1F)C(=O)OC. The molecule has 0 saturated heterocycles. The Labute approximate surface area is 148 Å². The van der Waals surface area contributed by atoms with E-state index in [1.54, 1.807) is 0 Å². The summed E-state index contributed by atoms with van der Waals surface area (Å²) in [6, 6.07) is 3.87. The minimum Gasteiger partial charge on any atom is -0.509 e. The van der Waals surface area contributed by atoms with Gasteiger partial charge in [-0.05, 0) is 12.1 Å². The van der Waals surface area contributed by atoms with E-state index in [4.69, 9.17) is 0 Å². The number of esters is 2. The second-order valence-corrected chi connectivity index (χ2v) is 5.08. The van der Waals surface area contributed by atoms with Crippen LogP contribution in [0.5, 0.6) is 0 Å². The standard InChI is InChI=1S/C16H18FN3O6/c1-20(2)15(23)9-6-5-7-10(13(9)17)18-19-14(16(24)26-4)11(21)8-12(22)25-3/h5-7,21H,8H2,1-4H3/b14-11+,19-18?. The summed E-state index contributed by atoms with van der Waals surface area (Å²) in [4.78, 5) is 36.0. The number of carbonyl (C=O) groups excluding carboxylic acids is 3. The van der Waals surface area contributed by atoms with Gasteiger partial charge in [0.05, 0.1) is 19.8 Å². The van der Waals surface area contributed by atoms with Crippen molar-refractivity contribution >= 4 is 23.5 Å². The fourth-order valence-corrected chi connectivity index (χ4v) is 1.71. The Hall–Kier alpha value is -3.30. The highest BCUT2D eigenvalue weighted by atomic mass is 19.1. The van der Waals surface area contributed by atoms with E-state index < -0.39 is 41.5 Å². The maximum Gasteiger partial charge on any atom is 0.362 e. The lowest BCUT2D eigenvalue weighted by molar-refractivity contribution is -0.140. The van der Waals surface area contributed by atoms with Crippen molar-refractivity contribution in [3.05, 3.63) is 41.0 Å². The highest BCUT2D eigenvalue weighted by Crippen LogP contribution is 2.23. The van der Waals surface area contributed by atoms with Gasteiger partial charge in [0, 0.05) is 14.1 Å². The van der Waals surface area contributed by atoms with Gasteiger partial charge in [-0.1, -0.05) is 6.07 Å². The summed E-state index contributed by atoms with van der Waals surface area (Å²) in [5.74, 6) is -4.21. The van der Waals surface area contributed by atoms with Gasteiger partial charge >= 0.3 is 11.9 Å². The van der Waals surface area contributed by atoms with Gasteiger partial charge in [-0.15, -0.1) is 10.2 Å². The summed E-state index contributed by atoms with van der Waals surface area (Å²) in [6.45, 7) is 0. The first-order chi connectivity index (χ1) is 12.2. The van der Waals surface area contributed by atoms with Crippen LogP contribution < -0.4 is 0 Å². The molecule has 0 fully saturated rings. The van der Waals surface area contributed by atoms with Crippen LogP contribution in [0.1, 0.15) is 16.8 Å². The van der Waals surface area contributed by atoms with Crippen LogP contribution in [-0.4, -0.2) is 56.2 Å². The number of methoxy groups -OCH3 is 2. The molecule has 1 amide bonds. The number of nitrogens with zero attached hydrogens (tertiary/aromatic N) is 3. The molecule has 0 aromatic heterocycles. The summed E-state index contributed by atoms with van der Waals surface area (Å²) in [5, 5.41) is 16.9. The van der Waals surface area contributed by atoms with E-state index in [-0.39, 0.29) is 11.3 Å². The van der Waals surface area contributed by atoms with Gasteiger partial charge < -0.3 is 19.5 Å². The molecule has 0 atom stereocenters. The lowest BCUT2D eigenvalue weighted by Crippen LogP contribution is -2.22. The van der Waals surface area contributed by atoms with Crippen LogP contribution in [-0.2, 0) is 19.1 Å². The highest BCUT2D eigenvalue weighted by Gasteiger charge is 2.20. The third-order valence-corrected chi connectivity index (χ3v) is 3.06.